The van der Waals surface area contributed by atoms with Gasteiger partial charge in [0.1, 0.15) is 0 Å². The molecule has 1 rings (SSSR count). The van der Waals surface area contributed by atoms with Crippen LogP contribution in [0.25, 0.3) is 0 Å². The van der Waals surface area contributed by atoms with E-state index in [9.17, 15) is 0 Å². The standard InChI is InChI=1S/C11H23N/c1-10(2,3)8-11(4,12)9-6-5-7-9/h9H,5-8,12H2,1-4H3. The second-order valence-corrected chi connectivity index (χ2v) is 5.87. The normalized spacial score (nSPS) is 24.8. The molecule has 0 amide bonds. The molecule has 1 saturated carbocycles. The zero-order chi connectivity index (χ0) is 9.41. The molecule has 0 saturated heterocycles. The van der Waals surface area contributed by atoms with E-state index < -0.39 is 0 Å². The van der Waals surface area contributed by atoms with Crippen LogP contribution in [0.1, 0.15) is 53.4 Å². The Kier molecular flexibility index (Phi) is 2.53. The van der Waals surface area contributed by atoms with Gasteiger partial charge in [-0.25, -0.2) is 0 Å². The van der Waals surface area contributed by atoms with Gasteiger partial charge in [0.15, 0.2) is 0 Å². The summed E-state index contributed by atoms with van der Waals surface area (Å²) in [6, 6.07) is 0. The third-order valence-corrected chi connectivity index (χ3v) is 2.95. The van der Waals surface area contributed by atoms with Gasteiger partial charge in [-0.1, -0.05) is 27.2 Å². The van der Waals surface area contributed by atoms with Gasteiger partial charge in [-0.15, -0.1) is 0 Å². The monoisotopic (exact) mass is 169 g/mol. The minimum absolute atomic E-state index is 0.0799. The smallest absolute Gasteiger partial charge is 0.0159 e. The molecule has 1 aliphatic rings. The fraction of sp³-hybridized carbons (Fsp3) is 1.00. The van der Waals surface area contributed by atoms with Crippen molar-refractivity contribution in [2.75, 3.05) is 0 Å². The quantitative estimate of drug-likeness (QED) is 0.675. The van der Waals surface area contributed by atoms with Crippen LogP contribution < -0.4 is 5.73 Å². The van der Waals surface area contributed by atoms with Crippen molar-refractivity contribution in [1.29, 1.82) is 0 Å². The van der Waals surface area contributed by atoms with Crippen LogP contribution in [-0.4, -0.2) is 5.54 Å². The summed E-state index contributed by atoms with van der Waals surface area (Å²) in [4.78, 5) is 0. The molecule has 1 fully saturated rings. The molecule has 1 aliphatic carbocycles. The molecule has 1 atom stereocenters. The van der Waals surface area contributed by atoms with Gasteiger partial charge >= 0.3 is 0 Å². The topological polar surface area (TPSA) is 26.0 Å². The summed E-state index contributed by atoms with van der Waals surface area (Å²) in [5.41, 5.74) is 6.76. The zero-order valence-electron chi connectivity index (χ0n) is 8.98. The minimum atomic E-state index is 0.0799. The van der Waals surface area contributed by atoms with Crippen molar-refractivity contribution in [2.45, 2.75) is 58.9 Å². The highest BCUT2D eigenvalue weighted by molar-refractivity contribution is 4.94. The molecule has 12 heavy (non-hydrogen) atoms. The molecule has 1 heteroatoms. The first kappa shape index (κ1) is 10.0. The molecule has 0 spiro atoms. The van der Waals surface area contributed by atoms with Crippen LogP contribution in [0.5, 0.6) is 0 Å². The van der Waals surface area contributed by atoms with E-state index in [1.54, 1.807) is 0 Å². The van der Waals surface area contributed by atoms with Gasteiger partial charge in [0.2, 0.25) is 0 Å². The van der Waals surface area contributed by atoms with E-state index in [0.29, 0.717) is 5.41 Å². The van der Waals surface area contributed by atoms with E-state index in [2.05, 4.69) is 27.7 Å². The van der Waals surface area contributed by atoms with E-state index >= 15 is 0 Å². The van der Waals surface area contributed by atoms with E-state index in [4.69, 9.17) is 5.73 Å². The van der Waals surface area contributed by atoms with Crippen molar-refractivity contribution in [3.05, 3.63) is 0 Å². The lowest BCUT2D eigenvalue weighted by Gasteiger charge is -2.43. The molecule has 0 bridgehead atoms. The first-order chi connectivity index (χ1) is 5.31. The third-order valence-electron chi connectivity index (χ3n) is 2.95. The maximum absolute atomic E-state index is 6.31. The summed E-state index contributed by atoms with van der Waals surface area (Å²) in [5, 5.41) is 0. The lowest BCUT2D eigenvalue weighted by atomic mass is 9.66. The molecular formula is C11H23N. The first-order valence-electron chi connectivity index (χ1n) is 5.10. The van der Waals surface area contributed by atoms with Crippen LogP contribution in [0.15, 0.2) is 0 Å². The molecule has 0 radical (unpaired) electrons. The number of nitrogens with two attached hydrogens (primary N) is 1. The van der Waals surface area contributed by atoms with E-state index in [1.165, 1.54) is 19.3 Å². The molecule has 0 heterocycles. The summed E-state index contributed by atoms with van der Waals surface area (Å²) < 4.78 is 0. The summed E-state index contributed by atoms with van der Waals surface area (Å²) in [6.45, 7) is 9.05. The van der Waals surface area contributed by atoms with Gasteiger partial charge < -0.3 is 5.73 Å². The molecule has 72 valence electrons. The van der Waals surface area contributed by atoms with Crippen molar-refractivity contribution < 1.29 is 0 Å². The Balaban J connectivity index is 2.47. The largest absolute Gasteiger partial charge is 0.325 e. The molecule has 0 aliphatic heterocycles. The highest BCUT2D eigenvalue weighted by Gasteiger charge is 2.37. The van der Waals surface area contributed by atoms with E-state index in [1.807, 2.05) is 0 Å². The van der Waals surface area contributed by atoms with Crippen molar-refractivity contribution in [2.24, 2.45) is 17.1 Å². The Morgan fingerprint density at radius 1 is 1.17 bits per heavy atom. The van der Waals surface area contributed by atoms with Gasteiger partial charge in [0.05, 0.1) is 0 Å². The molecule has 1 unspecified atom stereocenters. The Labute approximate surface area is 76.7 Å². The molecular weight excluding hydrogens is 146 g/mol. The van der Waals surface area contributed by atoms with Crippen LogP contribution in [0, 0.1) is 11.3 Å². The first-order valence-corrected chi connectivity index (χ1v) is 5.10. The van der Waals surface area contributed by atoms with Crippen LogP contribution in [0.3, 0.4) is 0 Å². The maximum atomic E-state index is 6.31. The second kappa shape index (κ2) is 3.02. The van der Waals surface area contributed by atoms with Crippen molar-refractivity contribution in [1.82, 2.24) is 0 Å². The SMILES string of the molecule is CC(C)(C)CC(C)(N)C1CCC1. The average molecular weight is 169 g/mol. The number of hydrogen-bond acceptors (Lipinski definition) is 1. The fourth-order valence-electron chi connectivity index (χ4n) is 2.35. The number of hydrogen-bond donors (Lipinski definition) is 1. The molecule has 1 nitrogen and oxygen atoms in total. The summed E-state index contributed by atoms with van der Waals surface area (Å²) in [6.07, 6.45) is 5.23. The van der Waals surface area contributed by atoms with Gasteiger partial charge in [-0.3, -0.25) is 0 Å². The minimum Gasteiger partial charge on any atom is -0.325 e. The van der Waals surface area contributed by atoms with Crippen LogP contribution in [-0.2, 0) is 0 Å². The zero-order valence-corrected chi connectivity index (χ0v) is 8.98. The molecule has 0 aromatic carbocycles. The van der Waals surface area contributed by atoms with Gasteiger partial charge in [0, 0.05) is 5.54 Å². The maximum Gasteiger partial charge on any atom is 0.0159 e. The summed E-state index contributed by atoms with van der Waals surface area (Å²) in [5.74, 6) is 0.789. The summed E-state index contributed by atoms with van der Waals surface area (Å²) >= 11 is 0. The van der Waals surface area contributed by atoms with E-state index in [0.717, 1.165) is 12.3 Å². The lowest BCUT2D eigenvalue weighted by Crippen LogP contribution is -2.49. The lowest BCUT2D eigenvalue weighted by molar-refractivity contribution is 0.131. The number of rotatable bonds is 2. The molecule has 0 aromatic heterocycles. The van der Waals surface area contributed by atoms with Gasteiger partial charge in [-0.2, -0.15) is 0 Å². The Bertz CT molecular complexity index is 149. The highest BCUT2D eigenvalue weighted by atomic mass is 14.8. The predicted octanol–water partition coefficient (Wildman–Crippen LogP) is 2.94. The van der Waals surface area contributed by atoms with Crippen LogP contribution in [0.2, 0.25) is 0 Å². The van der Waals surface area contributed by atoms with Crippen LogP contribution >= 0.6 is 0 Å². The van der Waals surface area contributed by atoms with Gasteiger partial charge in [-0.05, 0) is 37.5 Å². The Hall–Kier alpha value is -0.0400. The van der Waals surface area contributed by atoms with Gasteiger partial charge in [0.25, 0.3) is 0 Å². The van der Waals surface area contributed by atoms with Crippen molar-refractivity contribution >= 4 is 0 Å². The Morgan fingerprint density at radius 3 is 1.92 bits per heavy atom. The van der Waals surface area contributed by atoms with E-state index in [-0.39, 0.29) is 5.54 Å². The predicted molar refractivity (Wildman–Crippen MR) is 54.0 cm³/mol. The summed E-state index contributed by atoms with van der Waals surface area (Å²) in [7, 11) is 0. The fourth-order valence-corrected chi connectivity index (χ4v) is 2.35. The molecule has 2 N–H and O–H groups in total. The Morgan fingerprint density at radius 2 is 1.67 bits per heavy atom. The van der Waals surface area contributed by atoms with Crippen molar-refractivity contribution in [3.63, 3.8) is 0 Å². The van der Waals surface area contributed by atoms with Crippen molar-refractivity contribution in [3.8, 4) is 0 Å². The average Bonchev–Trinajstić information content (AvgIpc) is 1.45. The second-order valence-electron chi connectivity index (χ2n) is 5.87. The van der Waals surface area contributed by atoms with Crippen LogP contribution in [0.4, 0.5) is 0 Å². The molecule has 0 aromatic rings. The third kappa shape index (κ3) is 2.48. The highest BCUT2D eigenvalue weighted by Crippen LogP contribution is 2.40.